The number of ketones is 1. The van der Waals surface area contributed by atoms with Crippen molar-refractivity contribution in [3.63, 3.8) is 0 Å². The van der Waals surface area contributed by atoms with Gasteiger partial charge >= 0.3 is 0 Å². The van der Waals surface area contributed by atoms with Crippen LogP contribution in [0.2, 0.25) is 5.15 Å². The Morgan fingerprint density at radius 3 is 2.68 bits per heavy atom. The second-order valence-corrected chi connectivity index (χ2v) is 4.92. The van der Waals surface area contributed by atoms with Gasteiger partial charge in [-0.1, -0.05) is 23.2 Å². The van der Waals surface area contributed by atoms with Crippen LogP contribution in [0.1, 0.15) is 27.2 Å². The molecule has 0 spiro atoms. The second-order valence-electron chi connectivity index (χ2n) is 4.56. The van der Waals surface area contributed by atoms with Gasteiger partial charge in [-0.2, -0.15) is 5.10 Å². The van der Waals surface area contributed by atoms with E-state index in [9.17, 15) is 9.18 Å². The summed E-state index contributed by atoms with van der Waals surface area (Å²) in [7, 11) is 1.70. The Morgan fingerprint density at radius 2 is 2.11 bits per heavy atom. The third-order valence-corrected chi connectivity index (χ3v) is 3.50. The maximum absolute atomic E-state index is 13.7. The van der Waals surface area contributed by atoms with E-state index < -0.39 is 5.82 Å². The predicted octanol–water partition coefficient (Wildman–Crippen LogP) is 3.25. The zero-order chi connectivity index (χ0) is 14.2. The minimum absolute atomic E-state index is 0.0544. The van der Waals surface area contributed by atoms with Crippen molar-refractivity contribution in [3.8, 4) is 0 Å². The number of benzene rings is 1. The van der Waals surface area contributed by atoms with E-state index in [2.05, 4.69) is 5.10 Å². The molecule has 5 heteroatoms. The SMILES string of the molecule is Cc1ccc(F)c(C(=O)Cc2c(C)nn(C)c2Cl)c1. The minimum Gasteiger partial charge on any atom is -0.294 e. The summed E-state index contributed by atoms with van der Waals surface area (Å²) < 4.78 is 15.2. The number of rotatable bonds is 3. The molecule has 0 aliphatic carbocycles. The van der Waals surface area contributed by atoms with Gasteiger partial charge in [-0.05, 0) is 26.0 Å². The third kappa shape index (κ3) is 2.68. The van der Waals surface area contributed by atoms with E-state index in [0.717, 1.165) is 5.56 Å². The van der Waals surface area contributed by atoms with Crippen molar-refractivity contribution in [2.24, 2.45) is 7.05 Å². The van der Waals surface area contributed by atoms with E-state index in [1.54, 1.807) is 26.1 Å². The minimum atomic E-state index is -0.506. The summed E-state index contributed by atoms with van der Waals surface area (Å²) in [6.07, 6.45) is 0.0544. The average Bonchev–Trinajstić information content (AvgIpc) is 2.59. The summed E-state index contributed by atoms with van der Waals surface area (Å²) in [5, 5.41) is 4.55. The highest BCUT2D eigenvalue weighted by Gasteiger charge is 2.18. The highest BCUT2D eigenvalue weighted by molar-refractivity contribution is 6.30. The Hall–Kier alpha value is -1.68. The topological polar surface area (TPSA) is 34.9 Å². The van der Waals surface area contributed by atoms with Gasteiger partial charge in [0.25, 0.3) is 0 Å². The molecule has 3 nitrogen and oxygen atoms in total. The van der Waals surface area contributed by atoms with Crippen LogP contribution in [0.15, 0.2) is 18.2 Å². The van der Waals surface area contributed by atoms with Gasteiger partial charge in [0.2, 0.25) is 0 Å². The van der Waals surface area contributed by atoms with Gasteiger partial charge in [0.1, 0.15) is 11.0 Å². The number of nitrogens with zero attached hydrogens (tertiary/aromatic N) is 2. The number of aromatic nitrogens is 2. The maximum Gasteiger partial charge on any atom is 0.170 e. The lowest BCUT2D eigenvalue weighted by Crippen LogP contribution is -2.07. The van der Waals surface area contributed by atoms with Crippen molar-refractivity contribution in [3.05, 3.63) is 51.6 Å². The van der Waals surface area contributed by atoms with E-state index in [0.29, 0.717) is 16.4 Å². The van der Waals surface area contributed by atoms with Gasteiger partial charge in [0.05, 0.1) is 11.3 Å². The molecule has 2 aromatic rings. The lowest BCUT2D eigenvalue weighted by Gasteiger charge is -2.04. The molecule has 0 bridgehead atoms. The zero-order valence-electron chi connectivity index (χ0n) is 11.0. The fourth-order valence-corrected chi connectivity index (χ4v) is 2.22. The Labute approximate surface area is 116 Å². The van der Waals surface area contributed by atoms with Gasteiger partial charge in [-0.25, -0.2) is 4.39 Å². The number of Topliss-reactive ketones (excluding diaryl/α,β-unsaturated/α-hetero) is 1. The molecule has 2 rings (SSSR count). The highest BCUT2D eigenvalue weighted by atomic mass is 35.5. The molecule has 0 saturated carbocycles. The molecular weight excluding hydrogens is 267 g/mol. The average molecular weight is 281 g/mol. The number of halogens is 2. The molecular formula is C14H14ClFN2O. The molecule has 0 atom stereocenters. The summed E-state index contributed by atoms with van der Waals surface area (Å²) in [4.78, 5) is 12.2. The number of aryl methyl sites for hydroxylation is 3. The van der Waals surface area contributed by atoms with Crippen LogP contribution in [0.3, 0.4) is 0 Å². The zero-order valence-corrected chi connectivity index (χ0v) is 11.8. The maximum atomic E-state index is 13.7. The van der Waals surface area contributed by atoms with E-state index >= 15 is 0 Å². The third-order valence-electron chi connectivity index (χ3n) is 3.03. The molecule has 19 heavy (non-hydrogen) atoms. The summed E-state index contributed by atoms with van der Waals surface area (Å²) in [5.74, 6) is -0.799. The van der Waals surface area contributed by atoms with Crippen molar-refractivity contribution >= 4 is 17.4 Å². The summed E-state index contributed by atoms with van der Waals surface area (Å²) in [6.45, 7) is 3.60. The summed E-state index contributed by atoms with van der Waals surface area (Å²) >= 11 is 6.07. The van der Waals surface area contributed by atoms with Crippen molar-refractivity contribution < 1.29 is 9.18 Å². The van der Waals surface area contributed by atoms with Gasteiger partial charge in [-0.15, -0.1) is 0 Å². The fraction of sp³-hybridized carbons (Fsp3) is 0.286. The molecule has 0 saturated heterocycles. The molecule has 0 aliphatic heterocycles. The summed E-state index contributed by atoms with van der Waals surface area (Å²) in [6, 6.07) is 4.49. The monoisotopic (exact) mass is 280 g/mol. The smallest absolute Gasteiger partial charge is 0.170 e. The van der Waals surface area contributed by atoms with Crippen LogP contribution in [-0.2, 0) is 13.5 Å². The van der Waals surface area contributed by atoms with Crippen LogP contribution in [0, 0.1) is 19.7 Å². The molecule has 1 heterocycles. The van der Waals surface area contributed by atoms with Gasteiger partial charge in [0, 0.05) is 19.0 Å². The Morgan fingerprint density at radius 1 is 1.42 bits per heavy atom. The van der Waals surface area contributed by atoms with E-state index in [4.69, 9.17) is 11.6 Å². The van der Waals surface area contributed by atoms with Crippen molar-refractivity contribution in [2.75, 3.05) is 0 Å². The quantitative estimate of drug-likeness (QED) is 0.809. The normalized spacial score (nSPS) is 10.8. The van der Waals surface area contributed by atoms with E-state index in [1.165, 1.54) is 10.7 Å². The predicted molar refractivity (Wildman–Crippen MR) is 72.1 cm³/mol. The van der Waals surface area contributed by atoms with Crippen LogP contribution in [-0.4, -0.2) is 15.6 Å². The lowest BCUT2D eigenvalue weighted by molar-refractivity contribution is 0.0989. The van der Waals surface area contributed by atoms with Gasteiger partial charge < -0.3 is 0 Å². The molecule has 0 amide bonds. The van der Waals surface area contributed by atoms with E-state index in [1.807, 2.05) is 6.92 Å². The second kappa shape index (κ2) is 5.13. The molecule has 1 aromatic carbocycles. The molecule has 100 valence electrons. The Bertz CT molecular complexity index is 649. The molecule has 1 aromatic heterocycles. The van der Waals surface area contributed by atoms with Crippen LogP contribution in [0.25, 0.3) is 0 Å². The van der Waals surface area contributed by atoms with Crippen molar-refractivity contribution in [2.45, 2.75) is 20.3 Å². The standard InChI is InChI=1S/C14H14ClFN2O/c1-8-4-5-12(16)11(6-8)13(19)7-10-9(2)17-18(3)14(10)15/h4-6H,7H2,1-3H3. The Kier molecular flexibility index (Phi) is 3.71. The first-order valence-corrected chi connectivity index (χ1v) is 6.25. The number of hydrogen-bond donors (Lipinski definition) is 0. The Balaban J connectivity index is 2.33. The van der Waals surface area contributed by atoms with E-state index in [-0.39, 0.29) is 17.8 Å². The van der Waals surface area contributed by atoms with Gasteiger partial charge in [-0.3, -0.25) is 9.48 Å². The number of carbonyl (C=O) groups is 1. The molecule has 0 radical (unpaired) electrons. The largest absolute Gasteiger partial charge is 0.294 e. The van der Waals surface area contributed by atoms with Crippen molar-refractivity contribution in [1.82, 2.24) is 9.78 Å². The lowest BCUT2D eigenvalue weighted by atomic mass is 10.0. The van der Waals surface area contributed by atoms with Crippen LogP contribution in [0.4, 0.5) is 4.39 Å². The first-order chi connectivity index (χ1) is 8.90. The van der Waals surface area contributed by atoms with Crippen molar-refractivity contribution in [1.29, 1.82) is 0 Å². The molecule has 0 N–H and O–H groups in total. The fourth-order valence-electron chi connectivity index (χ4n) is 1.98. The first kappa shape index (κ1) is 13.7. The van der Waals surface area contributed by atoms with Crippen LogP contribution < -0.4 is 0 Å². The van der Waals surface area contributed by atoms with Crippen LogP contribution in [0.5, 0.6) is 0 Å². The number of carbonyl (C=O) groups excluding carboxylic acids is 1. The van der Waals surface area contributed by atoms with Crippen LogP contribution >= 0.6 is 11.6 Å². The molecule has 0 unspecified atom stereocenters. The molecule has 0 fully saturated rings. The molecule has 0 aliphatic rings. The summed E-state index contributed by atoms with van der Waals surface area (Å²) in [5.41, 5.74) is 2.28. The number of hydrogen-bond acceptors (Lipinski definition) is 2. The highest BCUT2D eigenvalue weighted by Crippen LogP contribution is 2.21. The van der Waals surface area contributed by atoms with Gasteiger partial charge in [0.15, 0.2) is 5.78 Å². The first-order valence-electron chi connectivity index (χ1n) is 5.87.